The van der Waals surface area contributed by atoms with Crippen molar-refractivity contribution in [1.29, 1.82) is 0 Å². The molecule has 4 nitrogen and oxygen atoms in total. The molecule has 28 heavy (non-hydrogen) atoms. The fraction of sp³-hybridized carbons (Fsp3) is 0.250. The van der Waals surface area contributed by atoms with Gasteiger partial charge in [0.1, 0.15) is 17.3 Å². The van der Waals surface area contributed by atoms with Crippen molar-refractivity contribution < 1.29 is 9.53 Å². The number of hydrogen-bond donors (Lipinski definition) is 1. The van der Waals surface area contributed by atoms with E-state index in [9.17, 15) is 4.79 Å². The van der Waals surface area contributed by atoms with Gasteiger partial charge in [-0.15, -0.1) is 0 Å². The van der Waals surface area contributed by atoms with Crippen LogP contribution in [0.4, 0.5) is 5.82 Å². The van der Waals surface area contributed by atoms with E-state index in [4.69, 9.17) is 4.74 Å². The highest BCUT2D eigenvalue weighted by Gasteiger charge is 2.13. The predicted octanol–water partition coefficient (Wildman–Crippen LogP) is 6.17. The zero-order valence-corrected chi connectivity index (χ0v) is 17.0. The van der Waals surface area contributed by atoms with Crippen molar-refractivity contribution in [2.24, 2.45) is 0 Å². The van der Waals surface area contributed by atoms with Crippen molar-refractivity contribution in [2.45, 2.75) is 40.5 Å². The molecule has 2 aromatic carbocycles. The molecule has 0 aliphatic carbocycles. The largest absolute Gasteiger partial charge is 0.455 e. The maximum absolute atomic E-state index is 12.6. The number of pyridine rings is 1. The summed E-state index contributed by atoms with van der Waals surface area (Å²) in [4.78, 5) is 16.9. The highest BCUT2D eigenvalue weighted by atomic mass is 16.5. The Morgan fingerprint density at radius 2 is 1.68 bits per heavy atom. The van der Waals surface area contributed by atoms with Gasteiger partial charge in [0.2, 0.25) is 0 Å². The molecule has 0 bridgehead atoms. The van der Waals surface area contributed by atoms with Crippen LogP contribution in [-0.4, -0.2) is 10.9 Å². The van der Waals surface area contributed by atoms with Gasteiger partial charge >= 0.3 is 0 Å². The molecule has 0 unspecified atom stereocenters. The molecule has 0 aliphatic rings. The Hall–Kier alpha value is -3.14. The Morgan fingerprint density at radius 1 is 0.964 bits per heavy atom. The molecule has 3 rings (SSSR count). The number of rotatable bonds is 5. The van der Waals surface area contributed by atoms with Gasteiger partial charge in [-0.3, -0.25) is 4.79 Å². The average molecular weight is 374 g/mol. The molecular formula is C24H26N2O2. The van der Waals surface area contributed by atoms with Crippen molar-refractivity contribution >= 4 is 11.7 Å². The van der Waals surface area contributed by atoms with Gasteiger partial charge in [0, 0.05) is 5.56 Å². The Kier molecular flexibility index (Phi) is 5.78. The zero-order chi connectivity index (χ0) is 20.3. The maximum atomic E-state index is 12.6. The lowest BCUT2D eigenvalue weighted by Crippen LogP contribution is -2.15. The van der Waals surface area contributed by atoms with Gasteiger partial charge in [-0.1, -0.05) is 44.2 Å². The molecule has 3 aromatic rings. The van der Waals surface area contributed by atoms with Gasteiger partial charge in [-0.05, 0) is 67.1 Å². The smallest absolute Gasteiger partial charge is 0.257 e. The topological polar surface area (TPSA) is 51.2 Å². The lowest BCUT2D eigenvalue weighted by Gasteiger charge is -2.13. The first-order valence-corrected chi connectivity index (χ1v) is 9.47. The number of aryl methyl sites for hydroxylation is 3. The Bertz CT molecular complexity index is 972. The first kappa shape index (κ1) is 19.6. The molecule has 0 saturated carbocycles. The van der Waals surface area contributed by atoms with E-state index >= 15 is 0 Å². The lowest BCUT2D eigenvalue weighted by molar-refractivity contribution is 0.102. The highest BCUT2D eigenvalue weighted by Crippen LogP contribution is 2.29. The van der Waals surface area contributed by atoms with Crippen LogP contribution in [0, 0.1) is 20.8 Å². The van der Waals surface area contributed by atoms with E-state index in [1.165, 1.54) is 5.56 Å². The zero-order valence-electron chi connectivity index (χ0n) is 17.0. The fourth-order valence-electron chi connectivity index (χ4n) is 3.08. The van der Waals surface area contributed by atoms with Crippen LogP contribution in [0.1, 0.15) is 52.4 Å². The summed E-state index contributed by atoms with van der Waals surface area (Å²) in [6.45, 7) is 10.2. The highest BCUT2D eigenvalue weighted by molar-refractivity contribution is 6.05. The van der Waals surface area contributed by atoms with Crippen molar-refractivity contribution in [3.05, 3.63) is 82.5 Å². The lowest BCUT2D eigenvalue weighted by atomic mass is 10.0. The van der Waals surface area contributed by atoms with Gasteiger partial charge in [0.15, 0.2) is 0 Å². The van der Waals surface area contributed by atoms with Gasteiger partial charge in [0.05, 0.1) is 6.20 Å². The molecule has 0 fully saturated rings. The quantitative estimate of drug-likeness (QED) is 0.580. The van der Waals surface area contributed by atoms with Crippen LogP contribution in [0.25, 0.3) is 0 Å². The second kappa shape index (κ2) is 8.26. The third-order valence-corrected chi connectivity index (χ3v) is 4.79. The number of hydrogen-bond acceptors (Lipinski definition) is 3. The summed E-state index contributed by atoms with van der Waals surface area (Å²) in [5.74, 6) is 2.22. The molecule has 1 aromatic heterocycles. The Labute approximate surface area is 166 Å². The minimum Gasteiger partial charge on any atom is -0.455 e. The van der Waals surface area contributed by atoms with E-state index in [2.05, 4.69) is 42.3 Å². The third kappa shape index (κ3) is 4.39. The summed E-state index contributed by atoms with van der Waals surface area (Å²) >= 11 is 0. The molecule has 0 spiro atoms. The van der Waals surface area contributed by atoms with Crippen LogP contribution < -0.4 is 10.1 Å². The van der Waals surface area contributed by atoms with Gasteiger partial charge < -0.3 is 10.1 Å². The molecule has 0 atom stereocenters. The molecular weight excluding hydrogens is 348 g/mol. The third-order valence-electron chi connectivity index (χ3n) is 4.79. The van der Waals surface area contributed by atoms with Crippen molar-refractivity contribution in [3.8, 4) is 11.5 Å². The second-order valence-corrected chi connectivity index (χ2v) is 7.38. The minimum absolute atomic E-state index is 0.155. The molecule has 4 heteroatoms. The standard InChI is InChI=1S/C24H26N2O2/c1-15(2)19-10-9-16(3)21(13-19)28-20-11-12-22(25-14-20)26-24(27)23-17(4)7-6-8-18(23)5/h6-15H,1-5H3,(H,25,26,27). The normalized spacial score (nSPS) is 10.8. The first-order chi connectivity index (χ1) is 13.3. The maximum Gasteiger partial charge on any atom is 0.257 e. The first-order valence-electron chi connectivity index (χ1n) is 9.47. The Balaban J connectivity index is 1.74. The summed E-state index contributed by atoms with van der Waals surface area (Å²) in [6.07, 6.45) is 1.63. The van der Waals surface area contributed by atoms with Crippen molar-refractivity contribution in [2.75, 3.05) is 5.32 Å². The van der Waals surface area contributed by atoms with E-state index in [0.717, 1.165) is 22.4 Å². The number of ether oxygens (including phenoxy) is 1. The molecule has 1 amide bonds. The summed E-state index contributed by atoms with van der Waals surface area (Å²) in [6, 6.07) is 15.6. The summed E-state index contributed by atoms with van der Waals surface area (Å²) in [5, 5.41) is 2.86. The van der Waals surface area contributed by atoms with E-state index in [1.54, 1.807) is 12.3 Å². The van der Waals surface area contributed by atoms with E-state index in [0.29, 0.717) is 23.0 Å². The summed E-state index contributed by atoms with van der Waals surface area (Å²) in [7, 11) is 0. The molecule has 0 aliphatic heterocycles. The molecule has 1 heterocycles. The number of carbonyl (C=O) groups is 1. The minimum atomic E-state index is -0.155. The van der Waals surface area contributed by atoms with Gasteiger partial charge in [-0.2, -0.15) is 0 Å². The van der Waals surface area contributed by atoms with Gasteiger partial charge in [0.25, 0.3) is 5.91 Å². The number of amides is 1. The van der Waals surface area contributed by atoms with Crippen molar-refractivity contribution in [3.63, 3.8) is 0 Å². The van der Waals surface area contributed by atoms with Crippen LogP contribution in [0.2, 0.25) is 0 Å². The average Bonchev–Trinajstić information content (AvgIpc) is 2.64. The predicted molar refractivity (Wildman–Crippen MR) is 113 cm³/mol. The summed E-state index contributed by atoms with van der Waals surface area (Å²) < 4.78 is 6.01. The second-order valence-electron chi connectivity index (χ2n) is 7.38. The number of anilines is 1. The van der Waals surface area contributed by atoms with Crippen LogP contribution in [0.5, 0.6) is 11.5 Å². The van der Waals surface area contributed by atoms with Crippen molar-refractivity contribution in [1.82, 2.24) is 4.98 Å². The van der Waals surface area contributed by atoms with E-state index < -0.39 is 0 Å². The molecule has 1 N–H and O–H groups in total. The van der Waals surface area contributed by atoms with Crippen LogP contribution in [0.15, 0.2) is 54.7 Å². The van der Waals surface area contributed by atoms with Crippen LogP contribution >= 0.6 is 0 Å². The summed E-state index contributed by atoms with van der Waals surface area (Å²) in [5.41, 5.74) is 4.87. The number of aromatic nitrogens is 1. The number of benzene rings is 2. The number of nitrogens with zero attached hydrogens (tertiary/aromatic N) is 1. The SMILES string of the molecule is Cc1ccc(C(C)C)cc1Oc1ccc(NC(=O)c2c(C)cccc2C)nc1. The molecule has 144 valence electrons. The van der Waals surface area contributed by atoms with Crippen LogP contribution in [0.3, 0.4) is 0 Å². The monoisotopic (exact) mass is 374 g/mol. The number of nitrogens with one attached hydrogen (secondary N) is 1. The van der Waals surface area contributed by atoms with E-state index in [-0.39, 0.29) is 5.91 Å². The fourth-order valence-corrected chi connectivity index (χ4v) is 3.08. The molecule has 0 radical (unpaired) electrons. The van der Waals surface area contributed by atoms with E-state index in [1.807, 2.05) is 45.0 Å². The van der Waals surface area contributed by atoms with Crippen LogP contribution in [-0.2, 0) is 0 Å². The Morgan fingerprint density at radius 3 is 2.29 bits per heavy atom. The number of carbonyl (C=O) groups excluding carboxylic acids is 1. The van der Waals surface area contributed by atoms with Gasteiger partial charge in [-0.25, -0.2) is 4.98 Å². The molecule has 0 saturated heterocycles.